The number of aryl methyl sites for hydroxylation is 1. The highest BCUT2D eigenvalue weighted by molar-refractivity contribution is 5.94. The van der Waals surface area contributed by atoms with Gasteiger partial charge in [0.25, 0.3) is 12.3 Å². The Morgan fingerprint density at radius 3 is 2.50 bits per heavy atom. The van der Waals surface area contributed by atoms with Gasteiger partial charge in [0.05, 0.1) is 0 Å². The molecule has 1 aromatic rings. The van der Waals surface area contributed by atoms with Crippen LogP contribution in [0.3, 0.4) is 0 Å². The Balaban J connectivity index is 2.12. The number of amides is 1. The second-order valence-corrected chi connectivity index (χ2v) is 4.23. The van der Waals surface area contributed by atoms with Crippen LogP contribution in [0.1, 0.15) is 34.6 Å². The van der Waals surface area contributed by atoms with Crippen LogP contribution in [-0.2, 0) is 0 Å². The van der Waals surface area contributed by atoms with Gasteiger partial charge in [0.2, 0.25) is 0 Å². The van der Waals surface area contributed by atoms with Gasteiger partial charge in [0.15, 0.2) is 5.69 Å². The summed E-state index contributed by atoms with van der Waals surface area (Å²) in [4.78, 5) is 11.7. The molecule has 0 aromatic carbocycles. The molecule has 16 heavy (non-hydrogen) atoms. The highest BCUT2D eigenvalue weighted by Crippen LogP contribution is 2.41. The van der Waals surface area contributed by atoms with Crippen LogP contribution in [0, 0.1) is 13.8 Å². The third-order valence-corrected chi connectivity index (χ3v) is 3.04. The van der Waals surface area contributed by atoms with Gasteiger partial charge in [0.1, 0.15) is 5.54 Å². The van der Waals surface area contributed by atoms with E-state index in [-0.39, 0.29) is 5.69 Å². The zero-order chi connectivity index (χ0) is 11.9. The lowest BCUT2D eigenvalue weighted by Gasteiger charge is -2.15. The van der Waals surface area contributed by atoms with Crippen molar-refractivity contribution >= 4 is 5.91 Å². The van der Waals surface area contributed by atoms with E-state index in [2.05, 4.69) is 15.5 Å². The van der Waals surface area contributed by atoms with E-state index in [1.54, 1.807) is 13.8 Å². The lowest BCUT2D eigenvalue weighted by Crippen LogP contribution is -2.42. The zero-order valence-corrected chi connectivity index (χ0v) is 9.10. The molecule has 0 radical (unpaired) electrons. The van der Waals surface area contributed by atoms with Crippen molar-refractivity contribution in [1.82, 2.24) is 15.5 Å². The molecule has 1 fully saturated rings. The lowest BCUT2D eigenvalue weighted by molar-refractivity contribution is 0.0676. The van der Waals surface area contributed by atoms with Crippen molar-refractivity contribution in [3.8, 4) is 0 Å². The normalized spacial score (nSPS) is 17.6. The van der Waals surface area contributed by atoms with Crippen molar-refractivity contribution in [3.05, 3.63) is 17.0 Å². The number of hydrogen-bond donors (Lipinski definition) is 2. The molecule has 1 saturated carbocycles. The van der Waals surface area contributed by atoms with Crippen LogP contribution in [0.4, 0.5) is 8.78 Å². The molecule has 1 aliphatic carbocycles. The molecule has 6 heteroatoms. The molecule has 1 aliphatic rings. The summed E-state index contributed by atoms with van der Waals surface area (Å²) in [5.41, 5.74) is 0.357. The van der Waals surface area contributed by atoms with E-state index in [0.29, 0.717) is 18.4 Å². The summed E-state index contributed by atoms with van der Waals surface area (Å²) in [5, 5.41) is 8.83. The maximum atomic E-state index is 12.6. The number of rotatable bonds is 3. The Hall–Kier alpha value is -1.46. The first kappa shape index (κ1) is 11.0. The number of H-pyrrole nitrogens is 1. The van der Waals surface area contributed by atoms with Crippen molar-refractivity contribution in [2.75, 3.05) is 0 Å². The first-order valence-electron chi connectivity index (χ1n) is 5.08. The molecule has 0 bridgehead atoms. The van der Waals surface area contributed by atoms with Gasteiger partial charge in [0, 0.05) is 11.3 Å². The first-order chi connectivity index (χ1) is 7.46. The summed E-state index contributed by atoms with van der Waals surface area (Å²) in [6.45, 7) is 3.51. The lowest BCUT2D eigenvalue weighted by atomic mass is 10.2. The Kier molecular flexibility index (Phi) is 2.44. The quantitative estimate of drug-likeness (QED) is 0.826. The molecule has 4 nitrogen and oxygen atoms in total. The second-order valence-electron chi connectivity index (χ2n) is 4.23. The summed E-state index contributed by atoms with van der Waals surface area (Å²) in [5.74, 6) is -0.528. The minimum Gasteiger partial charge on any atom is -0.339 e. The summed E-state index contributed by atoms with van der Waals surface area (Å²) in [6.07, 6.45) is -1.85. The number of nitrogens with zero attached hydrogens (tertiary/aromatic N) is 1. The van der Waals surface area contributed by atoms with Crippen LogP contribution in [0.25, 0.3) is 0 Å². The SMILES string of the molecule is Cc1[nH]nc(C(=O)NC2(C(F)F)CC2)c1C. The summed E-state index contributed by atoms with van der Waals surface area (Å²) in [6, 6.07) is 0. The molecule has 0 atom stereocenters. The van der Waals surface area contributed by atoms with Gasteiger partial charge in [-0.25, -0.2) is 8.78 Å². The summed E-state index contributed by atoms with van der Waals surface area (Å²) in [7, 11) is 0. The molecule has 0 spiro atoms. The van der Waals surface area contributed by atoms with E-state index in [4.69, 9.17) is 0 Å². The minimum atomic E-state index is -2.52. The van der Waals surface area contributed by atoms with Crippen LogP contribution < -0.4 is 5.32 Å². The number of aromatic nitrogens is 2. The predicted octanol–water partition coefficient (Wildman–Crippen LogP) is 1.55. The Morgan fingerprint density at radius 2 is 2.12 bits per heavy atom. The van der Waals surface area contributed by atoms with Crippen LogP contribution in [-0.4, -0.2) is 28.1 Å². The van der Waals surface area contributed by atoms with Crippen molar-refractivity contribution in [1.29, 1.82) is 0 Å². The average molecular weight is 229 g/mol. The van der Waals surface area contributed by atoms with Gasteiger partial charge < -0.3 is 5.32 Å². The molecule has 1 amide bonds. The summed E-state index contributed by atoms with van der Waals surface area (Å²) >= 11 is 0. The fourth-order valence-electron chi connectivity index (χ4n) is 1.52. The number of carbonyl (C=O) groups is 1. The molecule has 1 aromatic heterocycles. The zero-order valence-electron chi connectivity index (χ0n) is 9.10. The van der Waals surface area contributed by atoms with Crippen LogP contribution in [0.5, 0.6) is 0 Å². The monoisotopic (exact) mass is 229 g/mol. The highest BCUT2D eigenvalue weighted by atomic mass is 19.3. The van der Waals surface area contributed by atoms with Gasteiger partial charge in [-0.2, -0.15) is 5.10 Å². The minimum absolute atomic E-state index is 0.199. The highest BCUT2D eigenvalue weighted by Gasteiger charge is 2.52. The fourth-order valence-corrected chi connectivity index (χ4v) is 1.52. The molecule has 88 valence electrons. The third kappa shape index (κ3) is 1.68. The van der Waals surface area contributed by atoms with E-state index in [9.17, 15) is 13.6 Å². The summed E-state index contributed by atoms with van der Waals surface area (Å²) < 4.78 is 25.2. The third-order valence-electron chi connectivity index (χ3n) is 3.04. The number of nitrogens with one attached hydrogen (secondary N) is 2. The van der Waals surface area contributed by atoms with Crippen molar-refractivity contribution in [3.63, 3.8) is 0 Å². The predicted molar refractivity (Wildman–Crippen MR) is 53.5 cm³/mol. The number of halogens is 2. The van der Waals surface area contributed by atoms with Gasteiger partial charge in [-0.1, -0.05) is 0 Å². The second kappa shape index (κ2) is 3.54. The van der Waals surface area contributed by atoms with Gasteiger partial charge in [-0.05, 0) is 26.7 Å². The topological polar surface area (TPSA) is 57.8 Å². The first-order valence-corrected chi connectivity index (χ1v) is 5.08. The standard InChI is InChI=1S/C10H13F2N3O/c1-5-6(2)14-15-7(5)8(16)13-10(3-4-10)9(11)12/h9H,3-4H2,1-2H3,(H,13,16)(H,14,15). The van der Waals surface area contributed by atoms with E-state index >= 15 is 0 Å². The van der Waals surface area contributed by atoms with Crippen molar-refractivity contribution in [2.45, 2.75) is 38.7 Å². The fraction of sp³-hybridized carbons (Fsp3) is 0.600. The Bertz CT molecular complexity index is 424. The molecule has 1 heterocycles. The van der Waals surface area contributed by atoms with E-state index in [1.807, 2.05) is 0 Å². The molecule has 0 unspecified atom stereocenters. The van der Waals surface area contributed by atoms with E-state index in [1.165, 1.54) is 0 Å². The number of hydrogen-bond acceptors (Lipinski definition) is 2. The smallest absolute Gasteiger partial charge is 0.272 e. The largest absolute Gasteiger partial charge is 0.339 e. The Labute approximate surface area is 91.4 Å². The van der Waals surface area contributed by atoms with E-state index < -0.39 is 17.9 Å². The molecule has 2 rings (SSSR count). The molecule has 2 N–H and O–H groups in total. The van der Waals surface area contributed by atoms with Crippen LogP contribution in [0.15, 0.2) is 0 Å². The molecule has 0 aliphatic heterocycles. The van der Waals surface area contributed by atoms with Crippen molar-refractivity contribution < 1.29 is 13.6 Å². The van der Waals surface area contributed by atoms with Crippen LogP contribution in [0.2, 0.25) is 0 Å². The van der Waals surface area contributed by atoms with Gasteiger partial charge in [-0.15, -0.1) is 0 Å². The molecular formula is C10H13F2N3O. The van der Waals surface area contributed by atoms with Gasteiger partial charge in [-0.3, -0.25) is 9.89 Å². The number of aromatic amines is 1. The maximum Gasteiger partial charge on any atom is 0.272 e. The van der Waals surface area contributed by atoms with E-state index in [0.717, 1.165) is 5.69 Å². The van der Waals surface area contributed by atoms with Crippen LogP contribution >= 0.6 is 0 Å². The molecular weight excluding hydrogens is 216 g/mol. The Morgan fingerprint density at radius 1 is 1.50 bits per heavy atom. The van der Waals surface area contributed by atoms with Gasteiger partial charge >= 0.3 is 0 Å². The number of carbonyl (C=O) groups excluding carboxylic acids is 1. The average Bonchev–Trinajstić information content (AvgIpc) is 2.91. The molecule has 0 saturated heterocycles. The maximum absolute atomic E-state index is 12.6. The van der Waals surface area contributed by atoms with Crippen molar-refractivity contribution in [2.24, 2.45) is 0 Å². The number of alkyl halides is 2.